The Morgan fingerprint density at radius 3 is 2.56 bits per heavy atom. The van der Waals surface area contributed by atoms with Gasteiger partial charge in [-0.1, -0.05) is 25.0 Å². The van der Waals surface area contributed by atoms with Gasteiger partial charge in [0.1, 0.15) is 11.4 Å². The molecule has 0 radical (unpaired) electrons. The normalized spacial score (nSPS) is 17.8. The Kier molecular flexibility index (Phi) is 5.16. The van der Waals surface area contributed by atoms with Crippen LogP contribution < -0.4 is 10.3 Å². The molecule has 1 amide bonds. The van der Waals surface area contributed by atoms with E-state index in [-0.39, 0.29) is 17.5 Å². The van der Waals surface area contributed by atoms with E-state index in [4.69, 9.17) is 4.74 Å². The van der Waals surface area contributed by atoms with Crippen molar-refractivity contribution in [1.82, 2.24) is 14.7 Å². The molecule has 1 saturated heterocycles. The highest BCUT2D eigenvalue weighted by Gasteiger charge is 2.28. The largest absolute Gasteiger partial charge is 0.497 e. The summed E-state index contributed by atoms with van der Waals surface area (Å²) in [5.74, 6) is 0.674. The van der Waals surface area contributed by atoms with Crippen LogP contribution in [-0.2, 0) is 7.05 Å². The minimum atomic E-state index is -0.223. The monoisotopic (exact) mass is 341 g/mol. The van der Waals surface area contributed by atoms with Gasteiger partial charge in [0.2, 0.25) is 0 Å². The highest BCUT2D eigenvalue weighted by Crippen LogP contribution is 2.32. The van der Waals surface area contributed by atoms with E-state index >= 15 is 0 Å². The first-order valence-corrected chi connectivity index (χ1v) is 8.59. The Balaban J connectivity index is 1.92. The number of ether oxygens (including phenoxy) is 1. The molecule has 1 aliphatic heterocycles. The van der Waals surface area contributed by atoms with Crippen molar-refractivity contribution in [3.8, 4) is 5.75 Å². The minimum absolute atomic E-state index is 0.0138. The number of aryl methyl sites for hydroxylation is 1. The van der Waals surface area contributed by atoms with Crippen molar-refractivity contribution < 1.29 is 9.53 Å². The fraction of sp³-hybridized carbons (Fsp3) is 0.421. The molecule has 6 nitrogen and oxygen atoms in total. The summed E-state index contributed by atoms with van der Waals surface area (Å²) in [5.41, 5.74) is 1.18. The third-order valence-electron chi connectivity index (χ3n) is 4.69. The Hall–Kier alpha value is -2.63. The first kappa shape index (κ1) is 17.2. The van der Waals surface area contributed by atoms with E-state index in [2.05, 4.69) is 5.10 Å². The van der Waals surface area contributed by atoms with Crippen molar-refractivity contribution in [2.45, 2.75) is 31.7 Å². The Bertz CT molecular complexity index is 798. The van der Waals surface area contributed by atoms with Crippen molar-refractivity contribution in [3.63, 3.8) is 0 Å². The fourth-order valence-corrected chi connectivity index (χ4v) is 3.29. The molecule has 0 saturated carbocycles. The molecule has 0 bridgehead atoms. The molecule has 2 aromatic rings. The van der Waals surface area contributed by atoms with Crippen molar-refractivity contribution in [2.24, 2.45) is 7.05 Å². The fourth-order valence-electron chi connectivity index (χ4n) is 3.29. The number of rotatable bonds is 3. The van der Waals surface area contributed by atoms with Crippen LogP contribution in [0, 0.1) is 0 Å². The van der Waals surface area contributed by atoms with Crippen molar-refractivity contribution in [1.29, 1.82) is 0 Å². The summed E-state index contributed by atoms with van der Waals surface area (Å²) in [6.45, 7) is 0.694. The van der Waals surface area contributed by atoms with Gasteiger partial charge in [-0.25, -0.2) is 4.68 Å². The molecule has 0 unspecified atom stereocenters. The molecule has 0 aliphatic carbocycles. The van der Waals surface area contributed by atoms with E-state index in [1.165, 1.54) is 16.8 Å². The number of methoxy groups -OCH3 is 1. The van der Waals surface area contributed by atoms with Crippen LogP contribution in [-0.4, -0.2) is 34.2 Å². The summed E-state index contributed by atoms with van der Waals surface area (Å²) in [6.07, 6.45) is 4.09. The molecule has 3 rings (SSSR count). The third-order valence-corrected chi connectivity index (χ3v) is 4.69. The summed E-state index contributed by atoms with van der Waals surface area (Å²) in [5, 5.41) is 4.13. The summed E-state index contributed by atoms with van der Waals surface area (Å²) in [6, 6.07) is 10.8. The van der Waals surface area contributed by atoms with E-state index in [1.54, 1.807) is 14.2 Å². The van der Waals surface area contributed by atoms with Crippen LogP contribution in [0.25, 0.3) is 0 Å². The molecule has 1 atom stereocenters. The van der Waals surface area contributed by atoms with Gasteiger partial charge in [-0.15, -0.1) is 0 Å². The number of hydrogen-bond acceptors (Lipinski definition) is 4. The number of carbonyl (C=O) groups excluding carboxylic acids is 1. The van der Waals surface area contributed by atoms with Gasteiger partial charge in [-0.3, -0.25) is 9.59 Å². The van der Waals surface area contributed by atoms with Crippen LogP contribution in [0.15, 0.2) is 41.2 Å². The van der Waals surface area contributed by atoms with E-state index < -0.39 is 0 Å². The van der Waals surface area contributed by atoms with Gasteiger partial charge in [0, 0.05) is 19.7 Å². The summed E-state index contributed by atoms with van der Waals surface area (Å²) < 4.78 is 6.43. The van der Waals surface area contributed by atoms with Crippen LogP contribution >= 0.6 is 0 Å². The van der Waals surface area contributed by atoms with Crippen LogP contribution in [0.1, 0.15) is 47.8 Å². The number of likely N-dealkylation sites (tertiary alicyclic amines) is 1. The average molecular weight is 341 g/mol. The first-order chi connectivity index (χ1) is 12.1. The SMILES string of the molecule is COc1ccc([C@H]2CCCCCN2C(=O)c2ccc(=O)n(C)n2)cc1. The molecule has 132 valence electrons. The lowest BCUT2D eigenvalue weighted by atomic mass is 10.0. The summed E-state index contributed by atoms with van der Waals surface area (Å²) in [4.78, 5) is 26.5. The second-order valence-electron chi connectivity index (χ2n) is 6.32. The first-order valence-electron chi connectivity index (χ1n) is 8.59. The molecule has 6 heteroatoms. The van der Waals surface area contributed by atoms with Gasteiger partial charge in [0.25, 0.3) is 11.5 Å². The maximum absolute atomic E-state index is 13.0. The molecular formula is C19H23N3O3. The minimum Gasteiger partial charge on any atom is -0.497 e. The Morgan fingerprint density at radius 1 is 1.12 bits per heavy atom. The molecular weight excluding hydrogens is 318 g/mol. The standard InChI is InChI=1S/C19H23N3O3/c1-21-18(23)12-11-16(20-21)19(24)22-13-5-3-4-6-17(22)14-7-9-15(25-2)10-8-14/h7-12,17H,3-6,13H2,1-2H3/t17-/m1/s1. The van der Waals surface area contributed by atoms with Gasteiger partial charge in [-0.2, -0.15) is 5.10 Å². The highest BCUT2D eigenvalue weighted by molar-refractivity contribution is 5.92. The second-order valence-corrected chi connectivity index (χ2v) is 6.32. The molecule has 25 heavy (non-hydrogen) atoms. The maximum Gasteiger partial charge on any atom is 0.274 e. The molecule has 1 fully saturated rings. The zero-order valence-electron chi connectivity index (χ0n) is 14.6. The smallest absolute Gasteiger partial charge is 0.274 e. The average Bonchev–Trinajstić information content (AvgIpc) is 2.89. The zero-order chi connectivity index (χ0) is 17.8. The highest BCUT2D eigenvalue weighted by atomic mass is 16.5. The van der Waals surface area contributed by atoms with Crippen molar-refractivity contribution in [3.05, 3.63) is 58.0 Å². The van der Waals surface area contributed by atoms with Gasteiger partial charge < -0.3 is 9.64 Å². The van der Waals surface area contributed by atoms with E-state index in [9.17, 15) is 9.59 Å². The molecule has 0 N–H and O–H groups in total. The molecule has 0 spiro atoms. The van der Waals surface area contributed by atoms with E-state index in [1.807, 2.05) is 29.2 Å². The van der Waals surface area contributed by atoms with Gasteiger partial charge >= 0.3 is 0 Å². The maximum atomic E-state index is 13.0. The van der Waals surface area contributed by atoms with Gasteiger partial charge in [0.15, 0.2) is 0 Å². The van der Waals surface area contributed by atoms with Gasteiger partial charge in [-0.05, 0) is 36.6 Å². The van der Waals surface area contributed by atoms with Crippen LogP contribution in [0.5, 0.6) is 5.75 Å². The summed E-state index contributed by atoms with van der Waals surface area (Å²) in [7, 11) is 3.20. The van der Waals surface area contributed by atoms with E-state index in [0.29, 0.717) is 12.2 Å². The van der Waals surface area contributed by atoms with Crippen LogP contribution in [0.3, 0.4) is 0 Å². The summed E-state index contributed by atoms with van der Waals surface area (Å²) >= 11 is 0. The second kappa shape index (κ2) is 7.51. The van der Waals surface area contributed by atoms with Crippen molar-refractivity contribution >= 4 is 5.91 Å². The molecule has 2 heterocycles. The Morgan fingerprint density at radius 2 is 1.88 bits per heavy atom. The molecule has 1 aliphatic rings. The quantitative estimate of drug-likeness (QED) is 0.861. The number of carbonyl (C=O) groups is 1. The van der Waals surface area contributed by atoms with E-state index in [0.717, 1.165) is 37.0 Å². The molecule has 1 aromatic heterocycles. The third kappa shape index (κ3) is 3.73. The van der Waals surface area contributed by atoms with Crippen LogP contribution in [0.4, 0.5) is 0 Å². The van der Waals surface area contributed by atoms with Crippen molar-refractivity contribution in [2.75, 3.05) is 13.7 Å². The zero-order valence-corrected chi connectivity index (χ0v) is 14.6. The predicted octanol–water partition coefficient (Wildman–Crippen LogP) is 2.55. The van der Waals surface area contributed by atoms with Gasteiger partial charge in [0.05, 0.1) is 13.2 Å². The predicted molar refractivity (Wildman–Crippen MR) is 94.7 cm³/mol. The molecule has 1 aromatic carbocycles. The topological polar surface area (TPSA) is 64.4 Å². The lowest BCUT2D eigenvalue weighted by molar-refractivity contribution is 0.0672. The number of nitrogens with zero attached hydrogens (tertiary/aromatic N) is 3. The lowest BCUT2D eigenvalue weighted by Gasteiger charge is -2.30. The number of benzene rings is 1. The van der Waals surface area contributed by atoms with Crippen LogP contribution in [0.2, 0.25) is 0 Å². The number of aromatic nitrogens is 2. The Labute approximate surface area is 147 Å². The number of amides is 1. The number of hydrogen-bond donors (Lipinski definition) is 0. The lowest BCUT2D eigenvalue weighted by Crippen LogP contribution is -2.36.